The lowest BCUT2D eigenvalue weighted by molar-refractivity contribution is 0.0698. The molecule has 3 rings (SSSR count). The number of aryl methyl sites for hydroxylation is 1. The van der Waals surface area contributed by atoms with Gasteiger partial charge in [-0.05, 0) is 18.6 Å². The second kappa shape index (κ2) is 5.65. The van der Waals surface area contributed by atoms with Crippen molar-refractivity contribution in [1.82, 2.24) is 14.5 Å². The van der Waals surface area contributed by atoms with Crippen molar-refractivity contribution in [1.29, 1.82) is 0 Å². The summed E-state index contributed by atoms with van der Waals surface area (Å²) in [6.45, 7) is 2.70. The number of rotatable bonds is 5. The minimum Gasteiger partial charge on any atom is -0.478 e. The number of thiazole rings is 1. The molecule has 2 aromatic heterocycles. The number of para-hydroxylation sites is 1. The maximum atomic E-state index is 11.5. The third-order valence-electron chi connectivity index (χ3n) is 3.35. The third kappa shape index (κ3) is 2.54. The van der Waals surface area contributed by atoms with Gasteiger partial charge in [-0.3, -0.25) is 4.98 Å². The topological polar surface area (TPSA) is 68.0 Å². The normalized spacial score (nSPS) is 11.1. The molecule has 0 bridgehead atoms. The van der Waals surface area contributed by atoms with Crippen LogP contribution in [0.2, 0.25) is 0 Å². The fraction of sp³-hybridized carbons (Fsp3) is 0.267. The number of carboxylic acids is 1. The van der Waals surface area contributed by atoms with Crippen molar-refractivity contribution in [3.8, 4) is 0 Å². The molecular weight excluding hydrogens is 286 g/mol. The lowest BCUT2D eigenvalue weighted by Crippen LogP contribution is -2.07. The summed E-state index contributed by atoms with van der Waals surface area (Å²) in [5, 5.41) is 9.42. The summed E-state index contributed by atoms with van der Waals surface area (Å²) >= 11 is 1.56. The first-order valence-electron chi connectivity index (χ1n) is 6.79. The number of hydrogen-bond acceptors (Lipinski definition) is 4. The van der Waals surface area contributed by atoms with Crippen molar-refractivity contribution in [2.75, 3.05) is 0 Å². The van der Waals surface area contributed by atoms with Crippen LogP contribution in [0.4, 0.5) is 0 Å². The third-order valence-corrected chi connectivity index (χ3v) is 4.11. The first-order chi connectivity index (χ1) is 10.2. The number of imidazole rings is 1. The minimum atomic E-state index is -0.922. The minimum absolute atomic E-state index is 0.298. The van der Waals surface area contributed by atoms with Gasteiger partial charge >= 0.3 is 5.97 Å². The standard InChI is InChI=1S/C15H15N3O2S/c1-2-4-13-17-12-6-3-5-11(15(19)20)14(12)18(13)8-10-7-16-9-21-10/h3,5-7,9H,2,4,8H2,1H3,(H,19,20). The van der Waals surface area contributed by atoms with Gasteiger partial charge in [0.15, 0.2) is 0 Å². The van der Waals surface area contributed by atoms with Crippen LogP contribution in [0.3, 0.4) is 0 Å². The van der Waals surface area contributed by atoms with E-state index < -0.39 is 5.97 Å². The average Bonchev–Trinajstić information content (AvgIpc) is 3.08. The van der Waals surface area contributed by atoms with Crippen molar-refractivity contribution in [2.24, 2.45) is 0 Å². The number of hydrogen-bond donors (Lipinski definition) is 1. The quantitative estimate of drug-likeness (QED) is 0.786. The van der Waals surface area contributed by atoms with Crippen molar-refractivity contribution >= 4 is 28.3 Å². The van der Waals surface area contributed by atoms with Crippen molar-refractivity contribution < 1.29 is 9.90 Å². The summed E-state index contributed by atoms with van der Waals surface area (Å²) in [6.07, 6.45) is 3.61. The van der Waals surface area contributed by atoms with E-state index >= 15 is 0 Å². The van der Waals surface area contributed by atoms with E-state index in [-0.39, 0.29) is 0 Å². The summed E-state index contributed by atoms with van der Waals surface area (Å²) in [5.41, 5.74) is 3.52. The number of nitrogens with zero attached hydrogens (tertiary/aromatic N) is 3. The zero-order chi connectivity index (χ0) is 14.8. The summed E-state index contributed by atoms with van der Waals surface area (Å²) in [5.74, 6) is 0.00343. The molecule has 0 fully saturated rings. The van der Waals surface area contributed by atoms with Gasteiger partial charge in [-0.15, -0.1) is 11.3 Å². The molecule has 0 aliphatic rings. The van der Waals surface area contributed by atoms with E-state index in [1.807, 2.05) is 16.8 Å². The molecule has 1 N–H and O–H groups in total. The Morgan fingerprint density at radius 1 is 1.43 bits per heavy atom. The van der Waals surface area contributed by atoms with E-state index in [1.54, 1.807) is 29.0 Å². The van der Waals surface area contributed by atoms with Crippen molar-refractivity contribution in [2.45, 2.75) is 26.3 Å². The Hall–Kier alpha value is -2.21. The summed E-state index contributed by atoms with van der Waals surface area (Å²) in [7, 11) is 0. The Morgan fingerprint density at radius 2 is 2.29 bits per heavy atom. The highest BCUT2D eigenvalue weighted by molar-refractivity contribution is 7.09. The zero-order valence-corrected chi connectivity index (χ0v) is 12.4. The van der Waals surface area contributed by atoms with Gasteiger partial charge in [0.2, 0.25) is 0 Å². The number of aromatic nitrogens is 3. The number of fused-ring (bicyclic) bond motifs is 1. The molecule has 0 aliphatic heterocycles. The van der Waals surface area contributed by atoms with Crippen LogP contribution in [0.1, 0.15) is 34.4 Å². The molecular formula is C15H15N3O2S. The highest BCUT2D eigenvalue weighted by atomic mass is 32.1. The molecule has 0 saturated heterocycles. The Morgan fingerprint density at radius 3 is 2.95 bits per heavy atom. The lowest BCUT2D eigenvalue weighted by atomic mass is 10.2. The van der Waals surface area contributed by atoms with E-state index in [0.29, 0.717) is 17.6 Å². The van der Waals surface area contributed by atoms with E-state index in [2.05, 4.69) is 16.9 Å². The summed E-state index contributed by atoms with van der Waals surface area (Å²) < 4.78 is 2.01. The number of carbonyl (C=O) groups is 1. The number of carboxylic acid groups (broad SMARTS) is 1. The van der Waals surface area contributed by atoms with Gasteiger partial charge in [0.25, 0.3) is 0 Å². The SMILES string of the molecule is CCCc1nc2cccc(C(=O)O)c2n1Cc1cncs1. The molecule has 2 heterocycles. The molecule has 5 nitrogen and oxygen atoms in total. The average molecular weight is 301 g/mol. The van der Waals surface area contributed by atoms with Gasteiger partial charge < -0.3 is 9.67 Å². The lowest BCUT2D eigenvalue weighted by Gasteiger charge is -2.08. The molecule has 0 atom stereocenters. The Kier molecular flexibility index (Phi) is 3.70. The van der Waals surface area contributed by atoms with Gasteiger partial charge in [-0.1, -0.05) is 13.0 Å². The van der Waals surface area contributed by atoms with Crippen LogP contribution in [-0.4, -0.2) is 25.6 Å². The maximum absolute atomic E-state index is 11.5. The van der Waals surface area contributed by atoms with Gasteiger partial charge in [-0.2, -0.15) is 0 Å². The van der Waals surface area contributed by atoms with Crippen LogP contribution in [0.15, 0.2) is 29.9 Å². The first-order valence-corrected chi connectivity index (χ1v) is 7.67. The molecule has 3 aromatic rings. The molecule has 108 valence electrons. The van der Waals surface area contributed by atoms with Crippen LogP contribution >= 0.6 is 11.3 Å². The number of benzene rings is 1. The van der Waals surface area contributed by atoms with Gasteiger partial charge in [0.1, 0.15) is 5.82 Å². The predicted molar refractivity (Wildman–Crippen MR) is 81.9 cm³/mol. The Bertz CT molecular complexity index is 778. The van der Waals surface area contributed by atoms with Crippen LogP contribution in [-0.2, 0) is 13.0 Å². The van der Waals surface area contributed by atoms with E-state index in [4.69, 9.17) is 0 Å². The monoisotopic (exact) mass is 301 g/mol. The largest absolute Gasteiger partial charge is 0.478 e. The van der Waals surface area contributed by atoms with Crippen LogP contribution in [0, 0.1) is 0 Å². The Labute approximate surface area is 125 Å². The first kappa shape index (κ1) is 13.8. The fourth-order valence-corrected chi connectivity index (χ4v) is 3.05. The molecule has 0 spiro atoms. The second-order valence-corrected chi connectivity index (χ2v) is 5.78. The maximum Gasteiger partial charge on any atom is 0.337 e. The second-order valence-electron chi connectivity index (χ2n) is 4.81. The molecule has 1 aromatic carbocycles. The zero-order valence-electron chi connectivity index (χ0n) is 11.6. The summed E-state index contributed by atoms with van der Waals surface area (Å²) in [4.78, 5) is 21.3. The number of aromatic carboxylic acids is 1. The van der Waals surface area contributed by atoms with E-state index in [1.165, 1.54) is 0 Å². The van der Waals surface area contributed by atoms with Crippen LogP contribution in [0.25, 0.3) is 11.0 Å². The van der Waals surface area contributed by atoms with Crippen LogP contribution < -0.4 is 0 Å². The highest BCUT2D eigenvalue weighted by Crippen LogP contribution is 2.23. The molecule has 0 radical (unpaired) electrons. The Balaban J connectivity index is 2.21. The smallest absolute Gasteiger partial charge is 0.337 e. The summed E-state index contributed by atoms with van der Waals surface area (Å²) in [6, 6.07) is 5.24. The van der Waals surface area contributed by atoms with Crippen molar-refractivity contribution in [3.63, 3.8) is 0 Å². The van der Waals surface area contributed by atoms with E-state index in [0.717, 1.165) is 29.1 Å². The van der Waals surface area contributed by atoms with Crippen molar-refractivity contribution in [3.05, 3.63) is 46.2 Å². The van der Waals surface area contributed by atoms with Gasteiger partial charge in [0.05, 0.1) is 28.7 Å². The highest BCUT2D eigenvalue weighted by Gasteiger charge is 2.17. The van der Waals surface area contributed by atoms with Gasteiger partial charge in [0, 0.05) is 17.5 Å². The predicted octanol–water partition coefficient (Wildman–Crippen LogP) is 3.19. The molecule has 0 amide bonds. The molecule has 0 saturated carbocycles. The molecule has 21 heavy (non-hydrogen) atoms. The molecule has 6 heteroatoms. The van der Waals surface area contributed by atoms with Crippen LogP contribution in [0.5, 0.6) is 0 Å². The van der Waals surface area contributed by atoms with Gasteiger partial charge in [-0.25, -0.2) is 9.78 Å². The molecule has 0 aliphatic carbocycles. The fourth-order valence-electron chi connectivity index (χ4n) is 2.47. The van der Waals surface area contributed by atoms with E-state index in [9.17, 15) is 9.90 Å². The molecule has 0 unspecified atom stereocenters.